The van der Waals surface area contributed by atoms with E-state index in [0.717, 1.165) is 11.3 Å². The van der Waals surface area contributed by atoms with Gasteiger partial charge < -0.3 is 14.2 Å². The second kappa shape index (κ2) is 9.40. The average Bonchev–Trinajstić information content (AvgIpc) is 2.90. The van der Waals surface area contributed by atoms with Gasteiger partial charge in [0, 0.05) is 24.8 Å². The van der Waals surface area contributed by atoms with Gasteiger partial charge in [0.15, 0.2) is 0 Å². The van der Waals surface area contributed by atoms with Gasteiger partial charge in [-0.3, -0.25) is 4.79 Å². The standard InChI is InChI=1S/C23H30N2O3/c1-7-14-24-18(6)20(17(5)21(24)23(27)28-8-2)22(26)25(16(3)4)15-19-12-10-9-11-13-19/h7,9-13,16H,1,8,14-15H2,2-6H3. The van der Waals surface area contributed by atoms with Crippen LogP contribution in [0.15, 0.2) is 43.0 Å². The molecule has 28 heavy (non-hydrogen) atoms. The van der Waals surface area contributed by atoms with Gasteiger partial charge in [-0.2, -0.15) is 0 Å². The van der Waals surface area contributed by atoms with E-state index in [1.807, 2.05) is 67.5 Å². The summed E-state index contributed by atoms with van der Waals surface area (Å²) in [6.07, 6.45) is 1.72. The van der Waals surface area contributed by atoms with Crippen molar-refractivity contribution in [2.75, 3.05) is 6.61 Å². The second-order valence-corrected chi connectivity index (χ2v) is 7.07. The Bertz CT molecular complexity index is 850. The topological polar surface area (TPSA) is 51.5 Å². The van der Waals surface area contributed by atoms with E-state index in [1.54, 1.807) is 13.0 Å². The van der Waals surface area contributed by atoms with Crippen LogP contribution >= 0.6 is 0 Å². The third-order valence-corrected chi connectivity index (χ3v) is 4.84. The number of carbonyl (C=O) groups excluding carboxylic acids is 2. The molecule has 0 aliphatic heterocycles. The molecule has 0 atom stereocenters. The summed E-state index contributed by atoms with van der Waals surface area (Å²) in [5.41, 5.74) is 3.46. The van der Waals surface area contributed by atoms with Crippen LogP contribution in [0.2, 0.25) is 0 Å². The van der Waals surface area contributed by atoms with Crippen molar-refractivity contribution in [1.82, 2.24) is 9.47 Å². The van der Waals surface area contributed by atoms with E-state index in [4.69, 9.17) is 4.74 Å². The number of esters is 1. The fraction of sp³-hybridized carbons (Fsp3) is 0.391. The van der Waals surface area contributed by atoms with Crippen LogP contribution in [0.25, 0.3) is 0 Å². The molecule has 2 rings (SSSR count). The number of nitrogens with zero attached hydrogens (tertiary/aromatic N) is 2. The van der Waals surface area contributed by atoms with Gasteiger partial charge in [0.1, 0.15) is 5.69 Å². The monoisotopic (exact) mass is 382 g/mol. The Morgan fingerprint density at radius 3 is 2.39 bits per heavy atom. The van der Waals surface area contributed by atoms with Crippen molar-refractivity contribution in [1.29, 1.82) is 0 Å². The largest absolute Gasteiger partial charge is 0.461 e. The van der Waals surface area contributed by atoms with Crippen molar-refractivity contribution in [2.45, 2.75) is 53.8 Å². The normalized spacial score (nSPS) is 10.8. The maximum absolute atomic E-state index is 13.5. The Kier molecular flexibility index (Phi) is 7.21. The summed E-state index contributed by atoms with van der Waals surface area (Å²) in [5.74, 6) is -0.495. The van der Waals surface area contributed by atoms with Crippen LogP contribution < -0.4 is 0 Å². The van der Waals surface area contributed by atoms with Gasteiger partial charge in [-0.1, -0.05) is 36.4 Å². The zero-order valence-electron chi connectivity index (χ0n) is 17.5. The van der Waals surface area contributed by atoms with E-state index in [-0.39, 0.29) is 18.6 Å². The molecule has 1 aromatic heterocycles. The highest BCUT2D eigenvalue weighted by Gasteiger charge is 2.30. The van der Waals surface area contributed by atoms with Gasteiger partial charge >= 0.3 is 5.97 Å². The maximum atomic E-state index is 13.5. The predicted molar refractivity (Wildman–Crippen MR) is 112 cm³/mol. The fourth-order valence-corrected chi connectivity index (χ4v) is 3.44. The van der Waals surface area contributed by atoms with E-state index in [2.05, 4.69) is 6.58 Å². The summed E-state index contributed by atoms with van der Waals surface area (Å²) >= 11 is 0. The maximum Gasteiger partial charge on any atom is 0.355 e. The van der Waals surface area contributed by atoms with Crippen molar-refractivity contribution in [3.05, 3.63) is 71.1 Å². The number of amides is 1. The van der Waals surface area contributed by atoms with Gasteiger partial charge in [0.2, 0.25) is 0 Å². The first-order valence-electron chi connectivity index (χ1n) is 9.66. The summed E-state index contributed by atoms with van der Waals surface area (Å²) in [4.78, 5) is 27.9. The zero-order chi connectivity index (χ0) is 20.8. The Morgan fingerprint density at radius 1 is 1.21 bits per heavy atom. The molecule has 0 radical (unpaired) electrons. The molecule has 0 N–H and O–H groups in total. The molecule has 0 spiro atoms. The summed E-state index contributed by atoms with van der Waals surface area (Å²) in [5, 5.41) is 0. The smallest absolute Gasteiger partial charge is 0.355 e. The Morgan fingerprint density at radius 2 is 1.86 bits per heavy atom. The molecule has 0 aliphatic carbocycles. The van der Waals surface area contributed by atoms with Crippen molar-refractivity contribution in [3.8, 4) is 0 Å². The third-order valence-electron chi connectivity index (χ3n) is 4.84. The van der Waals surface area contributed by atoms with E-state index < -0.39 is 5.97 Å². The first-order valence-corrected chi connectivity index (χ1v) is 9.66. The summed E-state index contributed by atoms with van der Waals surface area (Å²) in [6.45, 7) is 14.5. The Hall–Kier alpha value is -2.82. The quantitative estimate of drug-likeness (QED) is 0.498. The molecule has 0 saturated heterocycles. The van der Waals surface area contributed by atoms with Gasteiger partial charge in [-0.25, -0.2) is 4.79 Å². The van der Waals surface area contributed by atoms with Crippen LogP contribution in [0, 0.1) is 13.8 Å². The molecular weight excluding hydrogens is 352 g/mol. The molecule has 2 aromatic rings. The molecule has 1 amide bonds. The van der Waals surface area contributed by atoms with Crippen molar-refractivity contribution in [3.63, 3.8) is 0 Å². The average molecular weight is 383 g/mol. The Balaban J connectivity index is 2.51. The van der Waals surface area contributed by atoms with E-state index in [1.165, 1.54) is 0 Å². The first-order chi connectivity index (χ1) is 13.3. The molecule has 0 saturated carbocycles. The first kappa shape index (κ1) is 21.5. The van der Waals surface area contributed by atoms with Crippen LogP contribution in [0.4, 0.5) is 0 Å². The van der Waals surface area contributed by atoms with Crippen LogP contribution in [0.3, 0.4) is 0 Å². The van der Waals surface area contributed by atoms with Crippen LogP contribution in [0.5, 0.6) is 0 Å². The fourth-order valence-electron chi connectivity index (χ4n) is 3.44. The molecule has 1 heterocycles. The number of rotatable bonds is 8. The van der Waals surface area contributed by atoms with Gasteiger partial charge in [0.25, 0.3) is 5.91 Å². The molecule has 150 valence electrons. The number of ether oxygens (including phenoxy) is 1. The van der Waals surface area contributed by atoms with Crippen LogP contribution in [0.1, 0.15) is 58.4 Å². The molecule has 5 nitrogen and oxygen atoms in total. The molecule has 0 unspecified atom stereocenters. The third kappa shape index (κ3) is 4.35. The SMILES string of the molecule is C=CCn1c(C)c(C(=O)N(Cc2ccccc2)C(C)C)c(C)c1C(=O)OCC. The lowest BCUT2D eigenvalue weighted by molar-refractivity contribution is 0.0513. The number of allylic oxidation sites excluding steroid dienone is 1. The molecular formula is C23H30N2O3. The highest BCUT2D eigenvalue weighted by molar-refractivity contribution is 6.01. The van der Waals surface area contributed by atoms with Crippen LogP contribution in [-0.4, -0.2) is 34.0 Å². The molecule has 0 aliphatic rings. The molecule has 0 fully saturated rings. The van der Waals surface area contributed by atoms with E-state index in [9.17, 15) is 9.59 Å². The molecule has 1 aromatic carbocycles. The predicted octanol–water partition coefficient (Wildman–Crippen LogP) is 4.52. The summed E-state index contributed by atoms with van der Waals surface area (Å²) in [6, 6.07) is 9.92. The van der Waals surface area contributed by atoms with Gasteiger partial charge in [-0.15, -0.1) is 6.58 Å². The van der Waals surface area contributed by atoms with Crippen LogP contribution in [-0.2, 0) is 17.8 Å². The number of benzene rings is 1. The second-order valence-electron chi connectivity index (χ2n) is 7.07. The number of hydrogen-bond donors (Lipinski definition) is 0. The van der Waals surface area contributed by atoms with Crippen molar-refractivity contribution in [2.24, 2.45) is 0 Å². The molecule has 0 bridgehead atoms. The highest BCUT2D eigenvalue weighted by atomic mass is 16.5. The van der Waals surface area contributed by atoms with Gasteiger partial charge in [-0.05, 0) is 45.7 Å². The van der Waals surface area contributed by atoms with Gasteiger partial charge in [0.05, 0.1) is 12.2 Å². The lowest BCUT2D eigenvalue weighted by atomic mass is 10.1. The summed E-state index contributed by atoms with van der Waals surface area (Å²) < 4.78 is 7.04. The minimum absolute atomic E-state index is 0.0142. The lowest BCUT2D eigenvalue weighted by Crippen LogP contribution is -2.37. The zero-order valence-corrected chi connectivity index (χ0v) is 17.5. The number of aromatic nitrogens is 1. The molecule has 5 heteroatoms. The number of hydrogen-bond acceptors (Lipinski definition) is 3. The van der Waals surface area contributed by atoms with E-state index in [0.29, 0.717) is 29.9 Å². The lowest BCUT2D eigenvalue weighted by Gasteiger charge is -2.27. The Labute approximate surface area is 167 Å². The minimum atomic E-state index is -0.414. The van der Waals surface area contributed by atoms with Crippen molar-refractivity contribution < 1.29 is 14.3 Å². The van der Waals surface area contributed by atoms with E-state index >= 15 is 0 Å². The summed E-state index contributed by atoms with van der Waals surface area (Å²) in [7, 11) is 0. The minimum Gasteiger partial charge on any atom is -0.461 e. The highest BCUT2D eigenvalue weighted by Crippen LogP contribution is 2.26. The number of carbonyl (C=O) groups is 2. The van der Waals surface area contributed by atoms with Crippen molar-refractivity contribution >= 4 is 11.9 Å².